The minimum Gasteiger partial charge on any atom is -0.493 e. The summed E-state index contributed by atoms with van der Waals surface area (Å²) < 4.78 is 8.77. The van der Waals surface area contributed by atoms with Crippen LogP contribution in [0.2, 0.25) is 0 Å². The maximum Gasteiger partial charge on any atom is 0.124 e. The third kappa shape index (κ3) is 2.85. The van der Waals surface area contributed by atoms with Gasteiger partial charge in [-0.05, 0) is 32.0 Å². The third-order valence-electron chi connectivity index (χ3n) is 4.20. The van der Waals surface area contributed by atoms with E-state index < -0.39 is 0 Å². The number of benzene rings is 1. The molecule has 1 unspecified atom stereocenters. The summed E-state index contributed by atoms with van der Waals surface area (Å²) in [6, 6.07) is 6.53. The molecule has 21 heavy (non-hydrogen) atoms. The third-order valence-corrected chi connectivity index (χ3v) is 4.69. The lowest BCUT2D eigenvalue weighted by molar-refractivity contribution is 0.252. The average Bonchev–Trinajstić information content (AvgIpc) is 2.70. The first-order valence-electron chi connectivity index (χ1n) is 7.21. The summed E-state index contributed by atoms with van der Waals surface area (Å²) >= 11 is 3.54. The van der Waals surface area contributed by atoms with Crippen molar-refractivity contribution in [1.82, 2.24) is 15.1 Å². The monoisotopic (exact) mass is 349 g/mol. The zero-order valence-corrected chi connectivity index (χ0v) is 14.2. The molecule has 0 amide bonds. The molecule has 1 aromatic carbocycles. The Balaban J connectivity index is 1.79. The van der Waals surface area contributed by atoms with E-state index in [-0.39, 0.29) is 0 Å². The van der Waals surface area contributed by atoms with Gasteiger partial charge in [-0.1, -0.05) is 15.9 Å². The Morgan fingerprint density at radius 1 is 1.43 bits per heavy atom. The van der Waals surface area contributed by atoms with Crippen LogP contribution >= 0.6 is 15.9 Å². The van der Waals surface area contributed by atoms with Crippen molar-refractivity contribution in [3.05, 3.63) is 45.2 Å². The molecule has 2 aromatic rings. The van der Waals surface area contributed by atoms with E-state index in [0.717, 1.165) is 35.5 Å². The van der Waals surface area contributed by atoms with Crippen LogP contribution in [0.3, 0.4) is 0 Å². The van der Waals surface area contributed by atoms with Crippen LogP contribution in [-0.2, 0) is 13.6 Å². The molecule has 0 spiro atoms. The van der Waals surface area contributed by atoms with E-state index in [0.29, 0.717) is 6.04 Å². The Morgan fingerprint density at radius 2 is 2.24 bits per heavy atom. The van der Waals surface area contributed by atoms with Gasteiger partial charge in [0.25, 0.3) is 0 Å². The minimum atomic E-state index is 0.324. The van der Waals surface area contributed by atoms with E-state index in [4.69, 9.17) is 4.74 Å². The largest absolute Gasteiger partial charge is 0.493 e. The second-order valence-electron chi connectivity index (χ2n) is 5.53. The Labute approximate surface area is 133 Å². The van der Waals surface area contributed by atoms with Crippen molar-refractivity contribution in [3.63, 3.8) is 0 Å². The number of aryl methyl sites for hydroxylation is 2. The molecule has 0 saturated heterocycles. The van der Waals surface area contributed by atoms with E-state index >= 15 is 0 Å². The Bertz CT molecular complexity index is 666. The fraction of sp³-hybridized carbons (Fsp3) is 0.438. The number of aromatic nitrogens is 2. The van der Waals surface area contributed by atoms with Crippen molar-refractivity contribution in [3.8, 4) is 5.75 Å². The molecule has 0 bridgehead atoms. The summed E-state index contributed by atoms with van der Waals surface area (Å²) in [5.41, 5.74) is 4.85. The zero-order chi connectivity index (χ0) is 15.0. The highest BCUT2D eigenvalue weighted by molar-refractivity contribution is 9.10. The molecular formula is C16H20BrN3O. The summed E-state index contributed by atoms with van der Waals surface area (Å²) in [7, 11) is 1.99. The van der Waals surface area contributed by atoms with Crippen molar-refractivity contribution >= 4 is 15.9 Å². The maximum atomic E-state index is 5.73. The molecular weight excluding hydrogens is 330 g/mol. The first-order valence-corrected chi connectivity index (χ1v) is 8.00. The van der Waals surface area contributed by atoms with Crippen molar-refractivity contribution in [1.29, 1.82) is 0 Å². The Morgan fingerprint density at radius 3 is 2.95 bits per heavy atom. The minimum absolute atomic E-state index is 0.324. The number of fused-ring (bicyclic) bond motifs is 1. The second-order valence-corrected chi connectivity index (χ2v) is 6.44. The highest BCUT2D eigenvalue weighted by atomic mass is 79.9. The molecule has 112 valence electrons. The predicted molar refractivity (Wildman–Crippen MR) is 86.5 cm³/mol. The lowest BCUT2D eigenvalue weighted by Crippen LogP contribution is -2.27. The van der Waals surface area contributed by atoms with Crippen molar-refractivity contribution in [2.45, 2.75) is 32.9 Å². The fourth-order valence-corrected chi connectivity index (χ4v) is 3.25. The van der Waals surface area contributed by atoms with Crippen molar-refractivity contribution < 1.29 is 4.74 Å². The second kappa shape index (κ2) is 5.81. The fourth-order valence-electron chi connectivity index (χ4n) is 2.88. The summed E-state index contributed by atoms with van der Waals surface area (Å²) in [6.45, 7) is 5.78. The topological polar surface area (TPSA) is 39.1 Å². The molecule has 1 atom stereocenters. The molecule has 0 aliphatic carbocycles. The molecule has 1 N–H and O–H groups in total. The summed E-state index contributed by atoms with van der Waals surface area (Å²) in [4.78, 5) is 0. The van der Waals surface area contributed by atoms with Crippen LogP contribution in [-0.4, -0.2) is 16.4 Å². The molecule has 1 aliphatic heterocycles. The number of rotatable bonds is 3. The van der Waals surface area contributed by atoms with Gasteiger partial charge in [0.2, 0.25) is 0 Å². The van der Waals surface area contributed by atoms with Crippen LogP contribution in [0.5, 0.6) is 5.75 Å². The highest BCUT2D eigenvalue weighted by Crippen LogP contribution is 2.34. The van der Waals surface area contributed by atoms with Crippen molar-refractivity contribution in [2.75, 3.05) is 6.61 Å². The van der Waals surface area contributed by atoms with Gasteiger partial charge < -0.3 is 10.1 Å². The van der Waals surface area contributed by atoms with E-state index in [2.05, 4.69) is 46.3 Å². The van der Waals surface area contributed by atoms with Crippen LogP contribution in [0.25, 0.3) is 0 Å². The van der Waals surface area contributed by atoms with Crippen LogP contribution in [0.4, 0.5) is 0 Å². The zero-order valence-electron chi connectivity index (χ0n) is 12.6. The molecule has 0 radical (unpaired) electrons. The standard InChI is InChI=1S/C16H20BrN3O/c1-10-14(11(2)20(3)19-10)9-18-15-6-7-21-16-5-4-12(17)8-13(15)16/h4-5,8,15,18H,6-7,9H2,1-3H3. The quantitative estimate of drug-likeness (QED) is 0.922. The number of halogens is 1. The molecule has 2 heterocycles. The van der Waals surface area contributed by atoms with Gasteiger partial charge in [-0.2, -0.15) is 5.10 Å². The van der Waals surface area contributed by atoms with Crippen LogP contribution in [0, 0.1) is 13.8 Å². The van der Waals surface area contributed by atoms with Gasteiger partial charge in [0.05, 0.1) is 12.3 Å². The van der Waals surface area contributed by atoms with Gasteiger partial charge in [-0.15, -0.1) is 0 Å². The number of nitrogens with one attached hydrogen (secondary N) is 1. The lowest BCUT2D eigenvalue weighted by atomic mass is 10.00. The molecule has 5 heteroatoms. The van der Waals surface area contributed by atoms with Gasteiger partial charge in [-0.3, -0.25) is 4.68 Å². The van der Waals surface area contributed by atoms with Gasteiger partial charge >= 0.3 is 0 Å². The van der Waals surface area contributed by atoms with Crippen LogP contribution in [0.1, 0.15) is 35.0 Å². The SMILES string of the molecule is Cc1nn(C)c(C)c1CNC1CCOc2ccc(Br)cc21. The molecule has 4 nitrogen and oxygen atoms in total. The van der Waals surface area contributed by atoms with Gasteiger partial charge in [0.1, 0.15) is 5.75 Å². The average molecular weight is 350 g/mol. The highest BCUT2D eigenvalue weighted by Gasteiger charge is 2.22. The maximum absolute atomic E-state index is 5.73. The van der Waals surface area contributed by atoms with Gasteiger partial charge in [-0.25, -0.2) is 0 Å². The van der Waals surface area contributed by atoms with Gasteiger partial charge in [0.15, 0.2) is 0 Å². The molecule has 3 rings (SSSR count). The molecule has 1 aliphatic rings. The molecule has 1 aromatic heterocycles. The van der Waals surface area contributed by atoms with E-state index in [1.807, 2.05) is 23.9 Å². The smallest absolute Gasteiger partial charge is 0.124 e. The number of nitrogens with zero attached hydrogens (tertiary/aromatic N) is 2. The molecule has 0 saturated carbocycles. The summed E-state index contributed by atoms with van der Waals surface area (Å²) in [5.74, 6) is 0.988. The first-order chi connectivity index (χ1) is 10.1. The van der Waals surface area contributed by atoms with E-state index in [1.54, 1.807) is 0 Å². The summed E-state index contributed by atoms with van der Waals surface area (Å²) in [6.07, 6.45) is 0.988. The van der Waals surface area contributed by atoms with Gasteiger partial charge in [0, 0.05) is 47.3 Å². The number of hydrogen-bond acceptors (Lipinski definition) is 3. The van der Waals surface area contributed by atoms with Crippen LogP contribution < -0.4 is 10.1 Å². The number of hydrogen-bond donors (Lipinski definition) is 1. The van der Waals surface area contributed by atoms with E-state index in [1.165, 1.54) is 16.8 Å². The Kier molecular flexibility index (Phi) is 4.04. The van der Waals surface area contributed by atoms with Crippen LogP contribution in [0.15, 0.2) is 22.7 Å². The number of ether oxygens (including phenoxy) is 1. The summed E-state index contributed by atoms with van der Waals surface area (Å²) in [5, 5.41) is 8.14. The van der Waals surface area contributed by atoms with Crippen molar-refractivity contribution in [2.24, 2.45) is 7.05 Å². The lowest BCUT2D eigenvalue weighted by Gasteiger charge is -2.27. The Hall–Kier alpha value is -1.33. The normalized spacial score (nSPS) is 17.4. The predicted octanol–water partition coefficient (Wildman–Crippen LogP) is 3.41. The first kappa shape index (κ1) is 14.6. The molecule has 0 fully saturated rings. The van der Waals surface area contributed by atoms with E-state index in [9.17, 15) is 0 Å².